The molecule has 0 aromatic heterocycles. The van der Waals surface area contributed by atoms with E-state index in [1.165, 1.54) is 0 Å². The maximum Gasteiger partial charge on any atom is 0.293 e. The van der Waals surface area contributed by atoms with Gasteiger partial charge >= 0.3 is 0 Å². The van der Waals surface area contributed by atoms with Gasteiger partial charge in [0.2, 0.25) is 0 Å². The van der Waals surface area contributed by atoms with Gasteiger partial charge in [-0.3, -0.25) is 4.90 Å². The molecule has 0 saturated heterocycles. The van der Waals surface area contributed by atoms with E-state index in [0.717, 1.165) is 0 Å². The summed E-state index contributed by atoms with van der Waals surface area (Å²) in [5.74, 6) is -6.38. The van der Waals surface area contributed by atoms with Crippen molar-refractivity contribution < 1.29 is 46.2 Å². The first kappa shape index (κ1) is 3.40. The predicted octanol–water partition coefficient (Wildman–Crippen LogP) is 5.34. The first-order valence-electron chi connectivity index (χ1n) is 21.5. The van der Waals surface area contributed by atoms with Gasteiger partial charge in [-0.2, -0.15) is 0 Å². The summed E-state index contributed by atoms with van der Waals surface area (Å²) in [6, 6.07) is -22.7. The molecule has 0 bridgehead atoms. The van der Waals surface area contributed by atoms with Gasteiger partial charge in [-0.25, -0.2) is 0 Å². The zero-order valence-electron chi connectivity index (χ0n) is 42.9. The molecule has 0 spiro atoms. The van der Waals surface area contributed by atoms with E-state index in [4.69, 9.17) is 38.4 Å². The van der Waals surface area contributed by atoms with Crippen LogP contribution in [0.3, 0.4) is 0 Å². The van der Waals surface area contributed by atoms with E-state index in [2.05, 4.69) is 5.11 Å². The third-order valence-corrected chi connectivity index (χ3v) is 2.52. The van der Waals surface area contributed by atoms with E-state index in [-0.39, 0.29) is 0 Å². The molecule has 0 aliphatic carbocycles. The fourth-order valence-corrected chi connectivity index (χ4v) is 1.53. The van der Waals surface area contributed by atoms with Gasteiger partial charge in [-0.15, -0.1) is 0 Å². The zero-order chi connectivity index (χ0) is 44.2. The van der Waals surface area contributed by atoms with E-state index in [9.17, 15) is 4.11 Å². The lowest BCUT2D eigenvalue weighted by Crippen LogP contribution is -2.38. The highest BCUT2D eigenvalue weighted by molar-refractivity contribution is 5.43. The summed E-state index contributed by atoms with van der Waals surface area (Å²) in [5, 5.41) is 4.29. The topological polar surface area (TPSA) is 23.5 Å². The average molecular weight is 357 g/mol. The van der Waals surface area contributed by atoms with Gasteiger partial charge in [0.1, 0.15) is 5.75 Å². The number of benzene rings is 2. The summed E-state index contributed by atoms with van der Waals surface area (Å²) in [6.07, 6.45) is -5.13. The molecule has 2 aromatic carbocycles. The summed E-state index contributed by atoms with van der Waals surface area (Å²) >= 11 is 0. The molecule has 1 N–H and O–H groups in total. The van der Waals surface area contributed by atoms with Crippen LogP contribution in [0.25, 0.3) is 0 Å². The molecule has 2 rings (SSSR count). The molecule has 2 heteroatoms. The quantitative estimate of drug-likeness (QED) is 0.690. The van der Waals surface area contributed by atoms with E-state index >= 15 is 0 Å². The Labute approximate surface area is 190 Å². The Kier molecular flexibility index (Phi) is 1.18. The molecule has 0 radical (unpaired) electrons. The Hall–Kier alpha value is -1.80. The van der Waals surface area contributed by atoms with Crippen molar-refractivity contribution in [3.63, 3.8) is 0 Å². The van der Waals surface area contributed by atoms with Crippen LogP contribution in [0.2, 0.25) is 0 Å². The fraction of sp³-hybridized carbons (Fsp3) is 0.455. The maximum absolute atomic E-state index is 9.68. The van der Waals surface area contributed by atoms with E-state index in [0.29, 0.717) is 0 Å². The molecular formula is C22H31NO. The molecule has 1 atom stereocenters. The monoisotopic (exact) mass is 356 g/mol. The predicted molar refractivity (Wildman–Crippen MR) is 103 cm³/mol. The zero-order valence-corrected chi connectivity index (χ0v) is 11.9. The number of nitrogens with zero attached hydrogens (tertiary/aromatic N) is 1. The molecule has 0 amide bonds. The van der Waals surface area contributed by atoms with Gasteiger partial charge in [-0.05, 0) is 58.7 Å². The van der Waals surface area contributed by atoms with E-state index in [1.807, 2.05) is 0 Å². The lowest BCUT2D eigenvalue weighted by Gasteiger charge is -2.32. The third-order valence-electron chi connectivity index (χ3n) is 2.52. The fourth-order valence-electron chi connectivity index (χ4n) is 1.53. The first-order chi connectivity index (χ1) is 24.0. The highest BCUT2D eigenvalue weighted by Crippen LogP contribution is 2.35. The largest absolute Gasteiger partial charge is 0.508 e. The molecule has 130 valence electrons. The van der Waals surface area contributed by atoms with Crippen LogP contribution in [-0.4, -0.2) is 30.0 Å². The Balaban J connectivity index is 3.77. The Morgan fingerprint density at radius 3 is 2.54 bits per heavy atom. The SMILES string of the molecule is [2H]Oc1c([2H])c([2H])c(C([2H])([2H])[2H])c([2H])c1[C@@]([2H])(c1c([2H])c([2H])c([2H])c([2H])c1[2H])C([2H])([2H])C([2H])([2H])N(C([2H])(C([2H])([2H])[2H])C([2H])([2H])[2H])C([2H])(C([2H])([2H])[2H])C([2H])([2H])[2H]. The van der Waals surface area contributed by atoms with Crippen molar-refractivity contribution in [1.29, 1.82) is 1.43 Å². The summed E-state index contributed by atoms with van der Waals surface area (Å²) in [4.78, 5) is -1.53. The van der Waals surface area contributed by atoms with Crippen molar-refractivity contribution in [2.75, 3.05) is 6.50 Å². The number of phenolic OH excluding ortho intramolecular Hbond substituents is 1. The molecule has 0 aliphatic rings. The smallest absolute Gasteiger partial charge is 0.293 e. The number of aromatic hydroxyl groups is 1. The second kappa shape index (κ2) is 8.34. The van der Waals surface area contributed by atoms with Crippen LogP contribution in [0, 0.1) is 6.85 Å². The number of rotatable bonds is 8. The Morgan fingerprint density at radius 1 is 1.17 bits per heavy atom. The minimum atomic E-state index is -5.31. The second-order valence-corrected chi connectivity index (χ2v) is 4.10. The Bertz CT molecular complexity index is 1720. The molecule has 0 heterocycles. The van der Waals surface area contributed by atoms with Crippen LogP contribution in [0.1, 0.15) is 97.5 Å². The van der Waals surface area contributed by atoms with E-state index < -0.39 is 141 Å². The molecule has 0 saturated carbocycles. The van der Waals surface area contributed by atoms with Crippen LogP contribution in [-0.2, 0) is 0 Å². The standard InChI is InChI=1S/C22H31NO/c1-16(2)23(17(3)4)14-13-20(19-9-7-6-8-10-19)21-15-18(5)11-12-22(21)24/h6-12,15-17,20,24H,13-14H2,1-5H3/t20-/m1/s1/i1D3,2D3,3D3,4D3,5D3,6D,7D,8D,9D,10D,11D,12D,13D2,14D2,15D,16D,17D,20D/hD. The minimum absolute atomic E-state index is 1.29. The Morgan fingerprint density at radius 2 is 1.92 bits per heavy atom. The van der Waals surface area contributed by atoms with Crippen molar-refractivity contribution in [2.45, 2.75) is 58.6 Å². The van der Waals surface area contributed by atoms with Gasteiger partial charge in [0.05, 0.1) is 11.0 Å². The average Bonchev–Trinajstić information content (AvgIpc) is 2.97. The van der Waals surface area contributed by atoms with Crippen LogP contribution in [0.4, 0.5) is 0 Å². The minimum Gasteiger partial charge on any atom is -0.508 e. The van der Waals surface area contributed by atoms with Crippen molar-refractivity contribution in [3.8, 4) is 5.75 Å². The van der Waals surface area contributed by atoms with Crippen molar-refractivity contribution in [1.82, 2.24) is 4.90 Å². The molecule has 24 heavy (non-hydrogen) atoms. The summed E-state index contributed by atoms with van der Waals surface area (Å²) in [5.41, 5.74) is -5.41. The molecule has 0 aliphatic heterocycles. The van der Waals surface area contributed by atoms with Gasteiger partial charge in [0.25, 0.3) is 1.43 Å². The maximum atomic E-state index is 9.68. The van der Waals surface area contributed by atoms with Gasteiger partial charge in [0, 0.05) is 53.6 Å². The van der Waals surface area contributed by atoms with Crippen LogP contribution in [0.15, 0.2) is 48.3 Å². The number of hydrogen-bond acceptors (Lipinski definition) is 2. The number of hydrogen-bond donors (Lipinski definition) is 1. The summed E-state index contributed by atoms with van der Waals surface area (Å²) in [6.45, 7) is -27.7. The molecule has 2 nitrogen and oxygen atoms in total. The van der Waals surface area contributed by atoms with Crippen LogP contribution in [0.5, 0.6) is 5.75 Å². The van der Waals surface area contributed by atoms with Crippen LogP contribution >= 0.6 is 0 Å². The van der Waals surface area contributed by atoms with Crippen molar-refractivity contribution in [2.24, 2.45) is 0 Å². The lowest BCUT2D eigenvalue weighted by molar-refractivity contribution is 0.170. The van der Waals surface area contributed by atoms with E-state index in [1.54, 1.807) is 0 Å². The molecule has 0 unspecified atom stereocenters. The van der Waals surface area contributed by atoms with Crippen molar-refractivity contribution >= 4 is 0 Å². The molecule has 0 fully saturated rings. The van der Waals surface area contributed by atoms with Gasteiger partial charge in [-0.1, -0.05) is 47.9 Å². The summed E-state index contributed by atoms with van der Waals surface area (Å²) < 4.78 is 258. The van der Waals surface area contributed by atoms with Gasteiger partial charge in [0.15, 0.2) is 0 Å². The first-order valence-corrected chi connectivity index (χ1v) is 6.12. The third kappa shape index (κ3) is 4.61. The highest BCUT2D eigenvalue weighted by atomic mass is 16.3. The van der Waals surface area contributed by atoms with Crippen molar-refractivity contribution in [3.05, 3.63) is 65.0 Å². The molecule has 2 aromatic rings. The summed E-state index contributed by atoms with van der Waals surface area (Å²) in [7, 11) is 0. The number of phenols is 1. The highest BCUT2D eigenvalue weighted by Gasteiger charge is 2.21. The lowest BCUT2D eigenvalue weighted by atomic mass is 9.87. The molecular weight excluding hydrogens is 294 g/mol. The van der Waals surface area contributed by atoms with Gasteiger partial charge < -0.3 is 5.11 Å². The van der Waals surface area contributed by atoms with Crippen LogP contribution < -0.4 is 0 Å². The normalized spacial score (nSPS) is 37.6. The second-order valence-electron chi connectivity index (χ2n) is 4.10.